The van der Waals surface area contributed by atoms with Gasteiger partial charge in [0.15, 0.2) is 34.9 Å². The molecule has 128 heavy (non-hydrogen) atoms. The minimum atomic E-state index is -0.434. The van der Waals surface area contributed by atoms with Gasteiger partial charge >= 0.3 is 0 Å². The van der Waals surface area contributed by atoms with Crippen LogP contribution in [0.2, 0.25) is 10.0 Å². The number of amides is 2. The molecular weight excluding hydrogens is 1660 g/mol. The highest BCUT2D eigenvalue weighted by Gasteiger charge is 2.31. The number of carbonyl (C=O) groups is 2. The lowest BCUT2D eigenvalue weighted by Gasteiger charge is -2.32. The van der Waals surface area contributed by atoms with Crippen LogP contribution in [0.1, 0.15) is 259 Å². The Hall–Kier alpha value is -12.0. The number of anilines is 12. The standard InChI is InChI=1S/C17H26N6O.C16H23ClN6O.C15H22ClN5.C15H22FN5.2C14H21N5/c1-5-6-8-17(4,10-20-12(3)24)23-15-14-13(21-16(18)22-15)11(2)7-9-19-14;1-4-5-6-16(3,9-20-10(2)24)23-14-13-12(21-15(18)22-14)7-11(17)8-19-13;2*1-4-6-7-15(3,5-2)21-13-12-11(19-14(17)20-13)8-10(16)9-18-12;2*1-4-8-14(3,5-2)19-12-11-10(7-6-9-16-11)17-13(15)18-12/h7,9H,5-6,8,10H2,1-4H3,(H,20,24)(H3,18,21,22,23);7-8H,4-6,9H2,1-3H3,(H,20,24)(H3,18,21,22,23);2*8-9H,4-7H2,1-3H3,(H3,17,19,20,21);2*6-7,9H,4-5,8H2,1-3H3,(H3,15,17,18,19)/t17-;16-;2*15-;2*14-/m001110/s1. The van der Waals surface area contributed by atoms with E-state index >= 15 is 0 Å². The Kier molecular flexibility index (Phi) is 38.8. The molecule has 37 heteroatoms. The number of nitrogens with zero attached hydrogens (tertiary/aromatic N) is 18. The fraction of sp³-hybridized carbons (Fsp3) is 0.516. The lowest BCUT2D eigenvalue weighted by molar-refractivity contribution is -0.120. The summed E-state index contributed by atoms with van der Waals surface area (Å²) in [4.78, 5) is 99.5. The van der Waals surface area contributed by atoms with Gasteiger partial charge in [-0.25, -0.2) is 49.2 Å². The molecule has 0 saturated heterocycles. The molecule has 12 rings (SSSR count). The lowest BCUT2D eigenvalue weighted by atomic mass is 9.92. The van der Waals surface area contributed by atoms with Crippen LogP contribution in [0.4, 0.5) is 75.0 Å². The molecule has 0 bridgehead atoms. The topological polar surface area (TPSA) is 519 Å². The Morgan fingerprint density at radius 3 is 0.945 bits per heavy atom. The number of aryl methyl sites for hydroxylation is 1. The molecule has 0 saturated carbocycles. The average Bonchev–Trinajstić information content (AvgIpc) is 0.808. The second kappa shape index (κ2) is 48.2. The van der Waals surface area contributed by atoms with Gasteiger partial charge in [-0.3, -0.25) is 24.5 Å². The first-order valence-electron chi connectivity index (χ1n) is 44.4. The molecule has 0 aliphatic heterocycles. The van der Waals surface area contributed by atoms with Gasteiger partial charge in [-0.15, -0.1) is 0 Å². The first kappa shape index (κ1) is 103. The second-order valence-corrected chi connectivity index (χ2v) is 34.8. The van der Waals surface area contributed by atoms with Gasteiger partial charge in [0.1, 0.15) is 38.9 Å². The summed E-state index contributed by atoms with van der Waals surface area (Å²) in [6, 6.07) is 14.2. The van der Waals surface area contributed by atoms with Gasteiger partial charge in [0.05, 0.1) is 60.4 Å². The molecule has 0 aromatic carbocycles. The molecule has 0 aliphatic carbocycles. The van der Waals surface area contributed by atoms with Gasteiger partial charge in [-0.05, 0) is 161 Å². The summed E-state index contributed by atoms with van der Waals surface area (Å²) < 4.78 is 13.3. The molecule has 0 spiro atoms. The van der Waals surface area contributed by atoms with Crippen molar-refractivity contribution in [2.45, 2.75) is 293 Å². The Balaban J connectivity index is 0.000000211. The van der Waals surface area contributed by atoms with Crippen LogP contribution in [0.15, 0.2) is 85.7 Å². The third-order valence-corrected chi connectivity index (χ3v) is 22.7. The minimum absolute atomic E-state index is 0.00000520. The fourth-order valence-corrected chi connectivity index (χ4v) is 14.4. The number of hydrogen-bond acceptors (Lipinski definition) is 32. The predicted molar refractivity (Wildman–Crippen MR) is 524 cm³/mol. The molecule has 2 amide bonds. The molecule has 12 heterocycles. The number of rotatable bonds is 36. The zero-order valence-electron chi connectivity index (χ0n) is 78.1. The van der Waals surface area contributed by atoms with E-state index in [9.17, 15) is 14.0 Å². The van der Waals surface area contributed by atoms with E-state index in [2.05, 4.69) is 236 Å². The summed E-state index contributed by atoms with van der Waals surface area (Å²) >= 11 is 11.9. The van der Waals surface area contributed by atoms with Gasteiger partial charge in [0, 0.05) is 86.1 Å². The van der Waals surface area contributed by atoms with E-state index in [0.29, 0.717) is 85.0 Å². The zero-order chi connectivity index (χ0) is 94.2. The largest absolute Gasteiger partial charge is 0.368 e. The van der Waals surface area contributed by atoms with Crippen LogP contribution in [0.3, 0.4) is 0 Å². The molecule has 0 unspecified atom stereocenters. The maximum absolute atomic E-state index is 13.3. The van der Waals surface area contributed by atoms with E-state index in [1.54, 1.807) is 43.1 Å². The van der Waals surface area contributed by atoms with E-state index in [1.807, 2.05) is 44.2 Å². The highest BCUT2D eigenvalue weighted by molar-refractivity contribution is 6.31. The van der Waals surface area contributed by atoms with Crippen molar-refractivity contribution in [3.63, 3.8) is 0 Å². The number of nitrogens with two attached hydrogens (primary N) is 6. The average molecular weight is 1800 g/mol. The number of fused-ring (bicyclic) bond motifs is 6. The van der Waals surface area contributed by atoms with Crippen LogP contribution < -0.4 is 76.9 Å². The maximum atomic E-state index is 13.3. The van der Waals surface area contributed by atoms with Gasteiger partial charge in [-0.2, -0.15) is 29.9 Å². The van der Waals surface area contributed by atoms with E-state index in [1.165, 1.54) is 26.1 Å². The van der Waals surface area contributed by atoms with E-state index < -0.39 is 5.82 Å². The Bertz CT molecular complexity index is 5400. The van der Waals surface area contributed by atoms with Gasteiger partial charge in [0.2, 0.25) is 47.5 Å². The third kappa shape index (κ3) is 30.9. The number of pyridine rings is 6. The first-order valence-corrected chi connectivity index (χ1v) is 45.1. The Morgan fingerprint density at radius 1 is 0.336 bits per heavy atom. The van der Waals surface area contributed by atoms with Crippen molar-refractivity contribution in [2.24, 2.45) is 0 Å². The highest BCUT2D eigenvalue weighted by Crippen LogP contribution is 2.35. The van der Waals surface area contributed by atoms with E-state index in [0.717, 1.165) is 173 Å². The molecule has 692 valence electrons. The maximum Gasteiger partial charge on any atom is 0.222 e. The van der Waals surface area contributed by atoms with E-state index in [-0.39, 0.29) is 80.7 Å². The molecule has 12 aromatic heterocycles. The van der Waals surface area contributed by atoms with Crippen molar-refractivity contribution in [2.75, 3.05) is 79.4 Å². The molecule has 20 N–H and O–H groups in total. The molecule has 6 atom stereocenters. The quantitative estimate of drug-likeness (QED) is 0.0173. The van der Waals surface area contributed by atoms with Crippen molar-refractivity contribution in [1.82, 2.24) is 100 Å². The Morgan fingerprint density at radius 2 is 0.617 bits per heavy atom. The normalized spacial score (nSPS) is 13.9. The summed E-state index contributed by atoms with van der Waals surface area (Å²) in [7, 11) is 0. The number of hydrogen-bond donors (Lipinski definition) is 14. The van der Waals surface area contributed by atoms with Crippen LogP contribution in [-0.4, -0.2) is 148 Å². The molecule has 0 aliphatic rings. The smallest absolute Gasteiger partial charge is 0.222 e. The monoisotopic (exact) mass is 1800 g/mol. The summed E-state index contributed by atoms with van der Waals surface area (Å²) in [6.45, 7) is 40.4. The fourth-order valence-electron chi connectivity index (χ4n) is 14.1. The molecule has 0 fully saturated rings. The van der Waals surface area contributed by atoms with Crippen LogP contribution in [-0.2, 0) is 9.59 Å². The van der Waals surface area contributed by atoms with Crippen LogP contribution in [0.5, 0.6) is 0 Å². The van der Waals surface area contributed by atoms with Gasteiger partial charge in [0.25, 0.3) is 0 Å². The number of nitrogens with one attached hydrogen (secondary N) is 8. The van der Waals surface area contributed by atoms with Crippen LogP contribution >= 0.6 is 23.2 Å². The summed E-state index contributed by atoms with van der Waals surface area (Å²) in [5.74, 6) is 4.51. The SMILES string of the molecule is CCCC[C@@](C)(CC)Nc1nc(N)nc2cc(Cl)cnc12.CCCC[C@@](C)(CC)Nc1nc(N)nc2cc(F)cnc12.CCCC[C@@](C)(CNC(C)=O)Nc1nc(N)nc2c(C)ccnc12.CCCC[C@@](C)(CNC(C)=O)Nc1nc(N)nc2cc(Cl)cnc12.CCC[C@@](C)(CC)Nc1nc(N)nc2cccnc12.CCC[C@](C)(CC)Nc1nc(N)nc2cccnc12. The van der Waals surface area contributed by atoms with Crippen molar-refractivity contribution in [3.05, 3.63) is 107 Å². The molecular formula is C91H135Cl2FN32O2. The molecule has 34 nitrogen and oxygen atoms in total. The zero-order valence-corrected chi connectivity index (χ0v) is 79.6. The van der Waals surface area contributed by atoms with Gasteiger partial charge < -0.3 is 76.9 Å². The minimum Gasteiger partial charge on any atom is -0.368 e. The van der Waals surface area contributed by atoms with Crippen LogP contribution in [0.25, 0.3) is 66.2 Å². The van der Waals surface area contributed by atoms with Crippen molar-refractivity contribution >= 4 is 172 Å². The molecule has 12 aromatic rings. The number of nitrogen functional groups attached to an aromatic ring is 6. The first-order chi connectivity index (χ1) is 60.8. The summed E-state index contributed by atoms with van der Waals surface area (Å²) in [6.07, 6.45) is 30.5. The number of carbonyl (C=O) groups excluding carboxylic acids is 2. The van der Waals surface area contributed by atoms with Crippen molar-refractivity contribution < 1.29 is 14.0 Å². The van der Waals surface area contributed by atoms with Gasteiger partial charge in [-0.1, -0.05) is 157 Å². The third-order valence-electron chi connectivity index (χ3n) is 22.3. The summed E-state index contributed by atoms with van der Waals surface area (Å²) in [5, 5.41) is 27.6. The number of aromatic nitrogens is 18. The van der Waals surface area contributed by atoms with Crippen molar-refractivity contribution in [3.8, 4) is 0 Å². The number of halogens is 3. The highest BCUT2D eigenvalue weighted by atomic mass is 35.5. The summed E-state index contributed by atoms with van der Waals surface area (Å²) in [5.41, 5.74) is 42.9. The lowest BCUT2D eigenvalue weighted by Crippen LogP contribution is -2.46. The Labute approximate surface area is 761 Å². The second-order valence-electron chi connectivity index (χ2n) is 34.0. The molecule has 0 radical (unpaired) electrons. The van der Waals surface area contributed by atoms with Crippen LogP contribution in [0, 0.1) is 12.7 Å². The van der Waals surface area contributed by atoms with Crippen molar-refractivity contribution in [1.29, 1.82) is 0 Å². The number of unbranched alkanes of at least 4 members (excludes halogenated alkanes) is 4. The predicted octanol–water partition coefficient (Wildman–Crippen LogP) is 18.7. The van der Waals surface area contributed by atoms with E-state index in [4.69, 9.17) is 57.6 Å².